The van der Waals surface area contributed by atoms with Gasteiger partial charge in [-0.2, -0.15) is 13.2 Å². The molecule has 2 aliphatic carbocycles. The van der Waals surface area contributed by atoms with E-state index in [0.29, 0.717) is 42.2 Å². The second kappa shape index (κ2) is 11.3. The van der Waals surface area contributed by atoms with Crippen LogP contribution >= 0.6 is 0 Å². The molecule has 6 nitrogen and oxygen atoms in total. The first kappa shape index (κ1) is 27.0. The molecule has 2 aromatic carbocycles. The zero-order chi connectivity index (χ0) is 27.6. The molecular formula is C30H32F3N3O3. The average molecular weight is 540 g/mol. The first-order valence-electron chi connectivity index (χ1n) is 13.2. The van der Waals surface area contributed by atoms with E-state index in [1.807, 2.05) is 24.3 Å². The second-order valence-corrected chi connectivity index (χ2v) is 10.6. The molecule has 2 bridgehead atoms. The van der Waals surface area contributed by atoms with Gasteiger partial charge in [0.1, 0.15) is 11.6 Å². The van der Waals surface area contributed by atoms with E-state index >= 15 is 0 Å². The topological polar surface area (TPSA) is 74.7 Å². The molecule has 1 heterocycles. The maximum absolute atomic E-state index is 13.4. The molecule has 2 unspecified atom stereocenters. The van der Waals surface area contributed by atoms with Crippen molar-refractivity contribution in [1.29, 1.82) is 0 Å². The molecule has 2 fully saturated rings. The fraction of sp³-hybridized carbons (Fsp3) is 0.400. The fourth-order valence-electron chi connectivity index (χ4n) is 6.03. The number of pyridine rings is 1. The Morgan fingerprint density at radius 3 is 2.33 bits per heavy atom. The molecule has 1 aromatic heterocycles. The first-order chi connectivity index (χ1) is 18.7. The van der Waals surface area contributed by atoms with Gasteiger partial charge >= 0.3 is 6.18 Å². The number of benzene rings is 2. The monoisotopic (exact) mass is 539 g/mol. The number of amides is 1. The minimum atomic E-state index is -4.45. The highest BCUT2D eigenvalue weighted by Crippen LogP contribution is 2.45. The largest absolute Gasteiger partial charge is 0.497 e. The van der Waals surface area contributed by atoms with E-state index in [9.17, 15) is 23.1 Å². The molecule has 0 saturated heterocycles. The van der Waals surface area contributed by atoms with Crippen LogP contribution in [0.5, 0.6) is 5.75 Å². The summed E-state index contributed by atoms with van der Waals surface area (Å²) in [6, 6.07) is 15.5. The van der Waals surface area contributed by atoms with Gasteiger partial charge in [-0.15, -0.1) is 0 Å². The van der Waals surface area contributed by atoms with Crippen LogP contribution in [0.15, 0.2) is 66.9 Å². The van der Waals surface area contributed by atoms with Gasteiger partial charge in [0, 0.05) is 25.0 Å². The van der Waals surface area contributed by atoms with Gasteiger partial charge < -0.3 is 20.1 Å². The van der Waals surface area contributed by atoms with E-state index in [-0.39, 0.29) is 11.8 Å². The summed E-state index contributed by atoms with van der Waals surface area (Å²) in [5.41, 5.74) is 0.848. The van der Waals surface area contributed by atoms with E-state index in [4.69, 9.17) is 4.74 Å². The molecule has 0 radical (unpaired) electrons. The number of anilines is 2. The summed E-state index contributed by atoms with van der Waals surface area (Å²) in [6.07, 6.45) is 0.912. The number of halogens is 3. The summed E-state index contributed by atoms with van der Waals surface area (Å²) in [5.74, 6) is 1.77. The van der Waals surface area contributed by atoms with E-state index < -0.39 is 17.6 Å². The van der Waals surface area contributed by atoms with Crippen molar-refractivity contribution in [1.82, 2.24) is 4.98 Å². The highest BCUT2D eigenvalue weighted by molar-refractivity contribution is 6.07. The molecular weight excluding hydrogens is 507 g/mol. The van der Waals surface area contributed by atoms with Crippen LogP contribution in [0, 0.1) is 17.8 Å². The predicted molar refractivity (Wildman–Crippen MR) is 143 cm³/mol. The molecule has 39 heavy (non-hydrogen) atoms. The summed E-state index contributed by atoms with van der Waals surface area (Å²) < 4.78 is 44.2. The Morgan fingerprint density at radius 2 is 1.72 bits per heavy atom. The molecule has 0 aliphatic heterocycles. The summed E-state index contributed by atoms with van der Waals surface area (Å²) in [4.78, 5) is 20.1. The van der Waals surface area contributed by atoms with Crippen LogP contribution in [0.3, 0.4) is 0 Å². The number of hydrogen-bond acceptors (Lipinski definition) is 5. The fourth-order valence-corrected chi connectivity index (χ4v) is 6.03. The Bertz CT molecular complexity index is 1270. The van der Waals surface area contributed by atoms with Crippen molar-refractivity contribution < 1.29 is 27.8 Å². The zero-order valence-electron chi connectivity index (χ0n) is 21.7. The number of methoxy groups -OCH3 is 1. The molecule has 0 spiro atoms. The number of carbonyl (C=O) groups is 1. The number of carbonyl (C=O) groups excluding carboxylic acids is 1. The molecule has 206 valence electrons. The Hall–Kier alpha value is -3.59. The number of aromatic nitrogens is 1. The lowest BCUT2D eigenvalue weighted by Gasteiger charge is -2.36. The van der Waals surface area contributed by atoms with Crippen molar-refractivity contribution in [3.05, 3.63) is 83.6 Å². The number of hydrogen-bond donors (Lipinski definition) is 2. The van der Waals surface area contributed by atoms with Crippen LogP contribution in [-0.2, 0) is 12.7 Å². The molecule has 2 atom stereocenters. The van der Waals surface area contributed by atoms with Crippen LogP contribution < -0.4 is 15.0 Å². The van der Waals surface area contributed by atoms with Crippen LogP contribution in [0.1, 0.15) is 47.2 Å². The Kier molecular flexibility index (Phi) is 7.79. The van der Waals surface area contributed by atoms with E-state index in [1.165, 1.54) is 12.1 Å². The van der Waals surface area contributed by atoms with Gasteiger partial charge in [-0.3, -0.25) is 4.79 Å². The van der Waals surface area contributed by atoms with Gasteiger partial charge in [-0.25, -0.2) is 4.98 Å². The third kappa shape index (κ3) is 6.19. The van der Waals surface area contributed by atoms with E-state index in [0.717, 1.165) is 49.1 Å². The van der Waals surface area contributed by atoms with E-state index in [1.54, 1.807) is 25.4 Å². The van der Waals surface area contributed by atoms with Gasteiger partial charge in [0.05, 0.1) is 24.3 Å². The minimum absolute atomic E-state index is 0.226. The molecule has 5 rings (SSSR count). The van der Waals surface area contributed by atoms with Crippen molar-refractivity contribution >= 4 is 17.4 Å². The lowest BCUT2D eigenvalue weighted by atomic mass is 9.78. The van der Waals surface area contributed by atoms with Crippen molar-refractivity contribution in [3.8, 4) is 5.75 Å². The number of nitrogens with one attached hydrogen (secondary N) is 1. The second-order valence-electron chi connectivity index (χ2n) is 10.6. The predicted octanol–water partition coefficient (Wildman–Crippen LogP) is 6.17. The van der Waals surface area contributed by atoms with Gasteiger partial charge in [0.15, 0.2) is 0 Å². The molecule has 2 N–H and O–H groups in total. The van der Waals surface area contributed by atoms with E-state index in [2.05, 4.69) is 15.2 Å². The molecule has 2 aliphatic rings. The molecule has 2 saturated carbocycles. The third-order valence-electron chi connectivity index (χ3n) is 7.96. The molecule has 9 heteroatoms. The minimum Gasteiger partial charge on any atom is -0.497 e. The number of aliphatic hydroxyl groups excluding tert-OH is 1. The SMILES string of the molecule is COc1ccc(CN(CC2CC3CCC(C2)C3O)c2ncccc2C(=O)Nc2ccc(C(F)(F)F)cc2)cc1. The number of nitrogens with zero attached hydrogens (tertiary/aromatic N) is 2. The lowest BCUT2D eigenvalue weighted by Crippen LogP contribution is -2.38. The molecule has 1 amide bonds. The normalized spacial score (nSPS) is 22.4. The van der Waals surface area contributed by atoms with Crippen molar-refractivity contribution in [3.63, 3.8) is 0 Å². The van der Waals surface area contributed by atoms with Crippen LogP contribution in [-0.4, -0.2) is 35.8 Å². The summed E-state index contributed by atoms with van der Waals surface area (Å²) in [5, 5.41) is 13.2. The number of rotatable bonds is 8. The third-order valence-corrected chi connectivity index (χ3v) is 7.96. The smallest absolute Gasteiger partial charge is 0.416 e. The number of aliphatic hydroxyl groups is 1. The number of alkyl halides is 3. The van der Waals surface area contributed by atoms with Crippen LogP contribution in [0.25, 0.3) is 0 Å². The maximum Gasteiger partial charge on any atom is 0.416 e. The standard InChI is InChI=1S/C30H32F3N3O3/c1-39-25-12-4-19(5-13-25)17-36(18-20-15-21-6-7-22(16-20)27(21)37)28-26(3-2-14-34-28)29(38)35-24-10-8-23(9-11-24)30(31,32)33/h2-5,8-14,20-22,27,37H,6-7,15-18H2,1H3,(H,35,38). The Balaban J connectivity index is 1.40. The summed E-state index contributed by atoms with van der Waals surface area (Å²) in [6.45, 7) is 1.18. The zero-order valence-corrected chi connectivity index (χ0v) is 21.7. The lowest BCUT2D eigenvalue weighted by molar-refractivity contribution is -0.137. The van der Waals surface area contributed by atoms with Crippen molar-refractivity contribution in [2.24, 2.45) is 17.8 Å². The highest BCUT2D eigenvalue weighted by Gasteiger charge is 2.42. The average Bonchev–Trinajstić information content (AvgIpc) is 3.12. The number of fused-ring (bicyclic) bond motifs is 2. The maximum atomic E-state index is 13.4. The van der Waals surface area contributed by atoms with Crippen LogP contribution in [0.4, 0.5) is 24.7 Å². The van der Waals surface area contributed by atoms with Gasteiger partial charge in [0.2, 0.25) is 0 Å². The Morgan fingerprint density at radius 1 is 1.05 bits per heavy atom. The van der Waals surface area contributed by atoms with Crippen LogP contribution in [0.2, 0.25) is 0 Å². The summed E-state index contributed by atoms with van der Waals surface area (Å²) in [7, 11) is 1.61. The van der Waals surface area contributed by atoms with Crippen molar-refractivity contribution in [2.45, 2.75) is 44.5 Å². The quantitative estimate of drug-likeness (QED) is 0.358. The summed E-state index contributed by atoms with van der Waals surface area (Å²) >= 11 is 0. The van der Waals surface area contributed by atoms with Gasteiger partial charge in [0.25, 0.3) is 5.91 Å². The van der Waals surface area contributed by atoms with Gasteiger partial charge in [-0.05, 0) is 97.5 Å². The number of ether oxygens (including phenoxy) is 1. The highest BCUT2D eigenvalue weighted by atomic mass is 19.4. The first-order valence-corrected chi connectivity index (χ1v) is 13.2. The Labute approximate surface area is 225 Å². The van der Waals surface area contributed by atoms with Gasteiger partial charge in [-0.1, -0.05) is 12.1 Å². The molecule has 3 aromatic rings. The van der Waals surface area contributed by atoms with Crippen molar-refractivity contribution in [2.75, 3.05) is 23.9 Å².